The molecule has 1 aromatic heterocycles. The van der Waals surface area contributed by atoms with E-state index >= 15 is 0 Å². The van der Waals surface area contributed by atoms with E-state index in [1.54, 1.807) is 0 Å². The largest absolute Gasteiger partial charge is 0.300 e. The third-order valence-electron chi connectivity index (χ3n) is 3.25. The molecule has 21 heavy (non-hydrogen) atoms. The average Bonchev–Trinajstić information content (AvgIpc) is 2.95. The fourth-order valence-corrected chi connectivity index (χ4v) is 2.60. The van der Waals surface area contributed by atoms with Gasteiger partial charge in [-0.2, -0.15) is 0 Å². The molecule has 110 valence electrons. The van der Waals surface area contributed by atoms with Crippen molar-refractivity contribution in [3.63, 3.8) is 0 Å². The third-order valence-corrected chi connectivity index (χ3v) is 4.05. The maximum atomic E-state index is 12.0. The zero-order valence-corrected chi connectivity index (χ0v) is 13.1. The van der Waals surface area contributed by atoms with Crippen molar-refractivity contribution in [2.45, 2.75) is 26.7 Å². The number of nitrogens with zero attached hydrogens (tertiary/aromatic N) is 2. The zero-order valence-electron chi connectivity index (χ0n) is 12.2. The quantitative estimate of drug-likeness (QED) is 0.874. The average molecular weight is 301 g/mol. The molecule has 0 bridgehead atoms. The first kappa shape index (κ1) is 15.4. The Morgan fingerprint density at radius 2 is 1.90 bits per heavy atom. The van der Waals surface area contributed by atoms with Gasteiger partial charge in [-0.15, -0.1) is 10.2 Å². The summed E-state index contributed by atoms with van der Waals surface area (Å²) in [6.45, 7) is 4.03. The smallest absolute Gasteiger partial charge is 0.229 e. The van der Waals surface area contributed by atoms with Gasteiger partial charge in [0.2, 0.25) is 11.0 Å². The Morgan fingerprint density at radius 1 is 1.19 bits per heavy atom. The van der Waals surface area contributed by atoms with Gasteiger partial charge in [0.1, 0.15) is 5.01 Å². The van der Waals surface area contributed by atoms with E-state index in [4.69, 9.17) is 0 Å². The molecule has 0 saturated heterocycles. The van der Waals surface area contributed by atoms with Crippen molar-refractivity contribution in [1.82, 2.24) is 10.2 Å². The Bertz CT molecular complexity index is 603. The molecule has 0 aliphatic heterocycles. The van der Waals surface area contributed by atoms with E-state index in [0.717, 1.165) is 23.4 Å². The number of carbonyl (C=O) groups excluding carboxylic acids is 1. The number of amides is 1. The summed E-state index contributed by atoms with van der Waals surface area (Å²) < 4.78 is 0. The molecule has 2 rings (SSSR count). The van der Waals surface area contributed by atoms with Crippen LogP contribution in [0.2, 0.25) is 0 Å². The van der Waals surface area contributed by atoms with Crippen LogP contribution in [0.5, 0.6) is 0 Å². The normalized spacial score (nSPS) is 11.2. The van der Waals surface area contributed by atoms with Crippen molar-refractivity contribution in [3.05, 3.63) is 40.9 Å². The summed E-state index contributed by atoms with van der Waals surface area (Å²) in [5.41, 5.74) is 1.11. The zero-order chi connectivity index (χ0) is 15.1. The first-order valence-corrected chi connectivity index (χ1v) is 7.92. The number of nitrogens with one attached hydrogen (secondary N) is 1. The van der Waals surface area contributed by atoms with E-state index in [9.17, 15) is 4.79 Å². The van der Waals surface area contributed by atoms with E-state index in [0.29, 0.717) is 5.13 Å². The molecular formula is C16H19N3OS. The predicted octanol–water partition coefficient (Wildman–Crippen LogP) is 4.08. The number of benzene rings is 1. The van der Waals surface area contributed by atoms with Crippen LogP contribution < -0.4 is 5.32 Å². The second kappa shape index (κ2) is 7.69. The highest BCUT2D eigenvalue weighted by Gasteiger charge is 2.15. The first-order chi connectivity index (χ1) is 10.2. The minimum Gasteiger partial charge on any atom is -0.300 e. The van der Waals surface area contributed by atoms with Crippen molar-refractivity contribution < 1.29 is 4.79 Å². The Kier molecular flexibility index (Phi) is 5.63. The molecule has 4 nitrogen and oxygen atoms in total. The van der Waals surface area contributed by atoms with Crippen LogP contribution in [0, 0.1) is 5.92 Å². The van der Waals surface area contributed by atoms with Gasteiger partial charge in [0.25, 0.3) is 0 Å². The molecule has 1 N–H and O–H groups in total. The number of hydrogen-bond acceptors (Lipinski definition) is 4. The van der Waals surface area contributed by atoms with Crippen molar-refractivity contribution in [2.24, 2.45) is 5.92 Å². The van der Waals surface area contributed by atoms with Gasteiger partial charge in [-0.1, -0.05) is 61.6 Å². The molecule has 0 unspecified atom stereocenters. The third kappa shape index (κ3) is 4.49. The van der Waals surface area contributed by atoms with Crippen LogP contribution in [0.25, 0.3) is 12.2 Å². The van der Waals surface area contributed by atoms with Crippen molar-refractivity contribution >= 4 is 34.5 Å². The van der Waals surface area contributed by atoms with E-state index in [2.05, 4.69) is 15.5 Å². The maximum Gasteiger partial charge on any atom is 0.229 e. The Hall–Kier alpha value is -2.01. The lowest BCUT2D eigenvalue weighted by Crippen LogP contribution is -2.21. The fourth-order valence-electron chi connectivity index (χ4n) is 1.95. The van der Waals surface area contributed by atoms with E-state index in [-0.39, 0.29) is 11.8 Å². The Balaban J connectivity index is 1.98. The fraction of sp³-hybridized carbons (Fsp3) is 0.312. The highest BCUT2D eigenvalue weighted by Crippen LogP contribution is 2.19. The van der Waals surface area contributed by atoms with Gasteiger partial charge in [0.15, 0.2) is 0 Å². The monoisotopic (exact) mass is 301 g/mol. The van der Waals surface area contributed by atoms with E-state index in [1.165, 1.54) is 11.3 Å². The summed E-state index contributed by atoms with van der Waals surface area (Å²) >= 11 is 1.38. The molecule has 0 aliphatic rings. The molecule has 1 heterocycles. The lowest BCUT2D eigenvalue weighted by atomic mass is 10.0. The van der Waals surface area contributed by atoms with Gasteiger partial charge < -0.3 is 5.32 Å². The lowest BCUT2D eigenvalue weighted by Gasteiger charge is -2.09. The van der Waals surface area contributed by atoms with Gasteiger partial charge in [-0.3, -0.25) is 4.79 Å². The summed E-state index contributed by atoms with van der Waals surface area (Å²) in [5, 5.41) is 12.2. The minimum absolute atomic E-state index is 0.0229. The summed E-state index contributed by atoms with van der Waals surface area (Å²) in [4.78, 5) is 12.0. The van der Waals surface area contributed by atoms with E-state index in [1.807, 2.05) is 56.3 Å². The molecule has 1 amide bonds. The topological polar surface area (TPSA) is 54.9 Å². The van der Waals surface area contributed by atoms with Crippen LogP contribution >= 0.6 is 11.3 Å². The molecule has 0 radical (unpaired) electrons. The molecule has 0 spiro atoms. The molecule has 1 aromatic carbocycles. The molecule has 0 atom stereocenters. The number of carbonyl (C=O) groups is 1. The molecular weight excluding hydrogens is 282 g/mol. The molecule has 0 fully saturated rings. The standard InChI is InChI=1S/C16H19N3OS/c1-3-13(4-2)15(20)17-16-19-18-14(21-16)11-10-12-8-6-5-7-9-12/h5-11,13H,3-4H2,1-2H3,(H,17,19,20). The second-order valence-electron chi connectivity index (χ2n) is 4.69. The van der Waals surface area contributed by atoms with Gasteiger partial charge >= 0.3 is 0 Å². The Labute approximate surface area is 128 Å². The van der Waals surface area contributed by atoms with Crippen LogP contribution in [0.15, 0.2) is 30.3 Å². The summed E-state index contributed by atoms with van der Waals surface area (Å²) in [6.07, 6.45) is 5.55. The first-order valence-electron chi connectivity index (χ1n) is 7.10. The van der Waals surface area contributed by atoms with Crippen LogP contribution in [0.4, 0.5) is 5.13 Å². The van der Waals surface area contributed by atoms with Crippen LogP contribution in [0.3, 0.4) is 0 Å². The lowest BCUT2D eigenvalue weighted by molar-refractivity contribution is -0.120. The minimum atomic E-state index is 0.0229. The van der Waals surface area contributed by atoms with Gasteiger partial charge in [-0.05, 0) is 24.5 Å². The summed E-state index contributed by atoms with van der Waals surface area (Å²) in [5.74, 6) is 0.0620. The second-order valence-corrected chi connectivity index (χ2v) is 5.70. The van der Waals surface area contributed by atoms with Crippen LogP contribution in [-0.4, -0.2) is 16.1 Å². The van der Waals surface area contributed by atoms with Gasteiger partial charge in [0.05, 0.1) is 0 Å². The molecule has 2 aromatic rings. The molecule has 5 heteroatoms. The summed E-state index contributed by atoms with van der Waals surface area (Å²) in [7, 11) is 0. The van der Waals surface area contributed by atoms with Crippen LogP contribution in [-0.2, 0) is 4.79 Å². The van der Waals surface area contributed by atoms with Gasteiger partial charge in [0, 0.05) is 5.92 Å². The predicted molar refractivity (Wildman–Crippen MR) is 88.0 cm³/mol. The highest BCUT2D eigenvalue weighted by atomic mass is 32.1. The Morgan fingerprint density at radius 3 is 2.57 bits per heavy atom. The summed E-state index contributed by atoms with van der Waals surface area (Å²) in [6, 6.07) is 10.00. The SMILES string of the molecule is CCC(CC)C(=O)Nc1nnc(C=Cc2ccccc2)s1. The number of hydrogen-bond donors (Lipinski definition) is 1. The van der Waals surface area contributed by atoms with E-state index < -0.39 is 0 Å². The molecule has 0 aliphatic carbocycles. The van der Waals surface area contributed by atoms with Gasteiger partial charge in [-0.25, -0.2) is 0 Å². The van der Waals surface area contributed by atoms with Crippen molar-refractivity contribution in [2.75, 3.05) is 5.32 Å². The van der Waals surface area contributed by atoms with Crippen molar-refractivity contribution in [3.8, 4) is 0 Å². The van der Waals surface area contributed by atoms with Crippen LogP contribution in [0.1, 0.15) is 37.3 Å². The number of rotatable bonds is 6. The number of aromatic nitrogens is 2. The maximum absolute atomic E-state index is 12.0. The molecule has 0 saturated carbocycles. The highest BCUT2D eigenvalue weighted by molar-refractivity contribution is 7.16. The number of anilines is 1. The van der Waals surface area contributed by atoms with Crippen molar-refractivity contribution in [1.29, 1.82) is 0 Å².